The molecule has 0 saturated carbocycles. The standard InChI is InChI=1S/C19H20N4OS/c1-2-14-11-15-17(20-12-21-19(15)25-14)23-10-6-9-16(23)18(24)22-13-7-4-3-5-8-13/h3-5,7-8,11-12,16H,2,6,9-10H2,1H3,(H,22,24)/t16-/m0/s1. The Kier molecular flexibility index (Phi) is 4.36. The fourth-order valence-corrected chi connectivity index (χ4v) is 4.27. The van der Waals surface area contributed by atoms with E-state index in [0.717, 1.165) is 47.5 Å². The minimum Gasteiger partial charge on any atom is -0.344 e. The number of para-hydroxylation sites is 1. The van der Waals surface area contributed by atoms with Crippen LogP contribution in [0.4, 0.5) is 11.5 Å². The normalized spacial score (nSPS) is 17.2. The molecule has 3 heterocycles. The smallest absolute Gasteiger partial charge is 0.247 e. The molecule has 2 aromatic heterocycles. The number of rotatable bonds is 4. The van der Waals surface area contributed by atoms with Crippen molar-refractivity contribution in [3.63, 3.8) is 0 Å². The molecule has 0 radical (unpaired) electrons. The SMILES string of the molecule is CCc1cc2c(N3CCC[C@H]3C(=O)Nc3ccccc3)ncnc2s1. The van der Waals surface area contributed by atoms with E-state index < -0.39 is 0 Å². The Balaban J connectivity index is 1.63. The third kappa shape index (κ3) is 3.09. The molecular weight excluding hydrogens is 332 g/mol. The molecule has 1 N–H and O–H groups in total. The second-order valence-electron chi connectivity index (χ2n) is 6.19. The molecule has 1 aliphatic heterocycles. The highest BCUT2D eigenvalue weighted by molar-refractivity contribution is 7.18. The summed E-state index contributed by atoms with van der Waals surface area (Å²) in [6.45, 7) is 2.99. The molecule has 25 heavy (non-hydrogen) atoms. The van der Waals surface area contributed by atoms with E-state index in [2.05, 4.69) is 33.2 Å². The van der Waals surface area contributed by atoms with Gasteiger partial charge in [-0.25, -0.2) is 9.97 Å². The fraction of sp³-hybridized carbons (Fsp3) is 0.316. The number of amides is 1. The maximum atomic E-state index is 12.8. The molecule has 5 nitrogen and oxygen atoms in total. The topological polar surface area (TPSA) is 58.1 Å². The monoisotopic (exact) mass is 352 g/mol. The molecule has 128 valence electrons. The maximum Gasteiger partial charge on any atom is 0.247 e. The first kappa shape index (κ1) is 16.0. The lowest BCUT2D eigenvalue weighted by molar-refractivity contribution is -0.117. The number of hydrogen-bond donors (Lipinski definition) is 1. The van der Waals surface area contributed by atoms with Gasteiger partial charge < -0.3 is 10.2 Å². The molecule has 6 heteroatoms. The van der Waals surface area contributed by atoms with E-state index in [4.69, 9.17) is 0 Å². The van der Waals surface area contributed by atoms with Crippen molar-refractivity contribution < 1.29 is 4.79 Å². The first-order valence-corrected chi connectivity index (χ1v) is 9.44. The van der Waals surface area contributed by atoms with Gasteiger partial charge in [0.05, 0.1) is 5.39 Å². The molecule has 1 aromatic carbocycles. The summed E-state index contributed by atoms with van der Waals surface area (Å²) < 4.78 is 0. The molecule has 0 unspecified atom stereocenters. The largest absolute Gasteiger partial charge is 0.344 e. The van der Waals surface area contributed by atoms with Crippen molar-refractivity contribution in [2.45, 2.75) is 32.2 Å². The highest BCUT2D eigenvalue weighted by atomic mass is 32.1. The molecule has 1 aliphatic rings. The summed E-state index contributed by atoms with van der Waals surface area (Å²) in [5, 5.41) is 4.09. The predicted octanol–water partition coefficient (Wildman–Crippen LogP) is 3.86. The highest BCUT2D eigenvalue weighted by Gasteiger charge is 2.33. The summed E-state index contributed by atoms with van der Waals surface area (Å²) in [5.41, 5.74) is 0.830. The van der Waals surface area contributed by atoms with Crippen LogP contribution in [0.3, 0.4) is 0 Å². The number of carbonyl (C=O) groups excluding carboxylic acids is 1. The lowest BCUT2D eigenvalue weighted by Crippen LogP contribution is -2.40. The molecule has 0 bridgehead atoms. The van der Waals surface area contributed by atoms with Gasteiger partial charge in [0, 0.05) is 17.1 Å². The third-order valence-electron chi connectivity index (χ3n) is 4.58. The van der Waals surface area contributed by atoms with Gasteiger partial charge in [-0.2, -0.15) is 0 Å². The first-order chi connectivity index (χ1) is 12.3. The molecule has 1 saturated heterocycles. The number of aromatic nitrogens is 2. The second kappa shape index (κ2) is 6.80. The Bertz CT molecular complexity index is 893. The Hall–Kier alpha value is -2.47. The average Bonchev–Trinajstić information content (AvgIpc) is 3.28. The predicted molar refractivity (Wildman–Crippen MR) is 102 cm³/mol. The quantitative estimate of drug-likeness (QED) is 0.774. The van der Waals surface area contributed by atoms with Gasteiger partial charge in [0.2, 0.25) is 5.91 Å². The molecule has 0 aliphatic carbocycles. The van der Waals surface area contributed by atoms with Crippen molar-refractivity contribution in [2.24, 2.45) is 0 Å². The zero-order valence-corrected chi connectivity index (χ0v) is 14.9. The molecule has 0 spiro atoms. The summed E-state index contributed by atoms with van der Waals surface area (Å²) in [5.74, 6) is 0.910. The number of hydrogen-bond acceptors (Lipinski definition) is 5. The van der Waals surface area contributed by atoms with E-state index in [1.165, 1.54) is 4.88 Å². The van der Waals surface area contributed by atoms with Crippen LogP contribution in [0.5, 0.6) is 0 Å². The van der Waals surface area contributed by atoms with Crippen molar-refractivity contribution in [1.82, 2.24) is 9.97 Å². The Morgan fingerprint density at radius 1 is 1.32 bits per heavy atom. The minimum absolute atomic E-state index is 0.0291. The van der Waals surface area contributed by atoms with Crippen LogP contribution in [-0.2, 0) is 11.2 Å². The summed E-state index contributed by atoms with van der Waals surface area (Å²) in [4.78, 5) is 26.1. The fourth-order valence-electron chi connectivity index (χ4n) is 3.34. The maximum absolute atomic E-state index is 12.8. The van der Waals surface area contributed by atoms with Crippen LogP contribution < -0.4 is 10.2 Å². The number of nitrogens with one attached hydrogen (secondary N) is 1. The lowest BCUT2D eigenvalue weighted by atomic mass is 10.2. The number of anilines is 2. The minimum atomic E-state index is -0.191. The number of nitrogens with zero attached hydrogens (tertiary/aromatic N) is 3. The van der Waals surface area contributed by atoms with Crippen molar-refractivity contribution in [2.75, 3.05) is 16.8 Å². The summed E-state index contributed by atoms with van der Waals surface area (Å²) in [7, 11) is 0. The van der Waals surface area contributed by atoms with Crippen LogP contribution in [0.1, 0.15) is 24.6 Å². The Morgan fingerprint density at radius 2 is 2.16 bits per heavy atom. The van der Waals surface area contributed by atoms with Crippen molar-refractivity contribution in [1.29, 1.82) is 0 Å². The molecule has 1 amide bonds. The van der Waals surface area contributed by atoms with E-state index in [-0.39, 0.29) is 11.9 Å². The number of carbonyl (C=O) groups is 1. The van der Waals surface area contributed by atoms with Gasteiger partial charge >= 0.3 is 0 Å². The number of aryl methyl sites for hydroxylation is 1. The molecule has 1 atom stereocenters. The molecular formula is C19H20N4OS. The van der Waals surface area contributed by atoms with Gasteiger partial charge in [0.1, 0.15) is 23.0 Å². The van der Waals surface area contributed by atoms with Crippen LogP contribution >= 0.6 is 11.3 Å². The number of thiophene rings is 1. The van der Waals surface area contributed by atoms with Gasteiger partial charge in [0.25, 0.3) is 0 Å². The summed E-state index contributed by atoms with van der Waals surface area (Å²) >= 11 is 1.70. The van der Waals surface area contributed by atoms with Crippen LogP contribution in [0, 0.1) is 0 Å². The van der Waals surface area contributed by atoms with Gasteiger partial charge in [0.15, 0.2) is 0 Å². The van der Waals surface area contributed by atoms with Crippen LogP contribution in [0.2, 0.25) is 0 Å². The van der Waals surface area contributed by atoms with E-state index in [0.29, 0.717) is 0 Å². The highest BCUT2D eigenvalue weighted by Crippen LogP contribution is 2.34. The van der Waals surface area contributed by atoms with Crippen LogP contribution in [0.15, 0.2) is 42.7 Å². The lowest BCUT2D eigenvalue weighted by Gasteiger charge is -2.25. The zero-order valence-electron chi connectivity index (χ0n) is 14.1. The van der Waals surface area contributed by atoms with Gasteiger partial charge in [-0.05, 0) is 37.5 Å². The summed E-state index contributed by atoms with van der Waals surface area (Å²) in [6.07, 6.45) is 4.43. The van der Waals surface area contributed by atoms with Gasteiger partial charge in [-0.15, -0.1) is 11.3 Å². The Labute approximate surface area is 150 Å². The Morgan fingerprint density at radius 3 is 2.96 bits per heavy atom. The van der Waals surface area contributed by atoms with Crippen molar-refractivity contribution in [3.05, 3.63) is 47.6 Å². The van der Waals surface area contributed by atoms with Crippen LogP contribution in [-0.4, -0.2) is 28.5 Å². The summed E-state index contributed by atoms with van der Waals surface area (Å²) in [6, 6.07) is 11.6. The number of benzene rings is 1. The first-order valence-electron chi connectivity index (χ1n) is 8.62. The second-order valence-corrected chi connectivity index (χ2v) is 7.30. The van der Waals surface area contributed by atoms with Gasteiger partial charge in [-0.3, -0.25) is 4.79 Å². The zero-order chi connectivity index (χ0) is 17.2. The van der Waals surface area contributed by atoms with Gasteiger partial charge in [-0.1, -0.05) is 25.1 Å². The van der Waals surface area contributed by atoms with Crippen molar-refractivity contribution >= 4 is 39.0 Å². The number of fused-ring (bicyclic) bond motifs is 1. The third-order valence-corrected chi connectivity index (χ3v) is 5.76. The van der Waals surface area contributed by atoms with E-state index >= 15 is 0 Å². The van der Waals surface area contributed by atoms with Crippen molar-refractivity contribution in [3.8, 4) is 0 Å². The van der Waals surface area contributed by atoms with Crippen LogP contribution in [0.25, 0.3) is 10.2 Å². The van der Waals surface area contributed by atoms with E-state index in [9.17, 15) is 4.79 Å². The average molecular weight is 352 g/mol. The van der Waals surface area contributed by atoms with E-state index in [1.54, 1.807) is 17.7 Å². The van der Waals surface area contributed by atoms with E-state index in [1.807, 2.05) is 30.3 Å². The molecule has 3 aromatic rings. The molecule has 1 fully saturated rings. The molecule has 4 rings (SSSR count).